The van der Waals surface area contributed by atoms with Gasteiger partial charge in [0.15, 0.2) is 0 Å². The molecule has 0 radical (unpaired) electrons. The molecule has 18 heavy (non-hydrogen) atoms. The normalized spacial score (nSPS) is 24.8. The summed E-state index contributed by atoms with van der Waals surface area (Å²) in [6.07, 6.45) is -2.99. The molecule has 0 bridgehead atoms. The maximum atomic E-state index is 12.6. The Morgan fingerprint density at radius 2 is 2.11 bits per heavy atom. The maximum absolute atomic E-state index is 12.6. The molecule has 0 aromatic heterocycles. The van der Waals surface area contributed by atoms with Crippen molar-refractivity contribution in [1.29, 1.82) is 0 Å². The minimum Gasteiger partial charge on any atom is -0.341 e. The number of hydrogen-bond acceptors (Lipinski definition) is 2. The third kappa shape index (κ3) is 3.60. The van der Waals surface area contributed by atoms with E-state index < -0.39 is 18.1 Å². The van der Waals surface area contributed by atoms with Gasteiger partial charge < -0.3 is 10.6 Å². The van der Waals surface area contributed by atoms with Crippen LogP contribution in [-0.2, 0) is 4.79 Å². The number of hydrogen-bond donors (Lipinski definition) is 1. The zero-order chi connectivity index (χ0) is 13.9. The molecule has 1 rings (SSSR count). The van der Waals surface area contributed by atoms with E-state index in [1.807, 2.05) is 13.8 Å². The lowest BCUT2D eigenvalue weighted by Crippen LogP contribution is -2.52. The molecular formula is C12H21F3N2O. The third-order valence-corrected chi connectivity index (χ3v) is 3.74. The van der Waals surface area contributed by atoms with Crippen molar-refractivity contribution in [1.82, 2.24) is 4.90 Å². The number of amides is 1. The molecule has 0 spiro atoms. The van der Waals surface area contributed by atoms with Crippen LogP contribution in [0.25, 0.3) is 0 Å². The molecule has 2 N–H and O–H groups in total. The fourth-order valence-electron chi connectivity index (χ4n) is 2.15. The van der Waals surface area contributed by atoms with Gasteiger partial charge in [-0.05, 0) is 18.8 Å². The average Bonchev–Trinajstić information content (AvgIpc) is 2.35. The fraction of sp³-hybridized carbons (Fsp3) is 0.917. The Balaban J connectivity index is 2.64. The summed E-state index contributed by atoms with van der Waals surface area (Å²) in [7, 11) is 0. The highest BCUT2D eigenvalue weighted by molar-refractivity contribution is 5.82. The standard InChI is InChI=1S/C12H21F3N2O/c1-3-8(2)10(16)11(18)17-6-4-5-9(7-17)12(13,14)15/h8-10H,3-7,16H2,1-2H3. The summed E-state index contributed by atoms with van der Waals surface area (Å²) >= 11 is 0. The van der Waals surface area contributed by atoms with E-state index >= 15 is 0 Å². The Kier molecular flexibility index (Phi) is 5.01. The van der Waals surface area contributed by atoms with Gasteiger partial charge in [0.25, 0.3) is 0 Å². The lowest BCUT2D eigenvalue weighted by atomic mass is 9.94. The Labute approximate surface area is 106 Å². The molecule has 6 heteroatoms. The highest BCUT2D eigenvalue weighted by atomic mass is 19.4. The maximum Gasteiger partial charge on any atom is 0.393 e. The van der Waals surface area contributed by atoms with E-state index in [4.69, 9.17) is 5.73 Å². The largest absolute Gasteiger partial charge is 0.393 e. The number of likely N-dealkylation sites (tertiary alicyclic amines) is 1. The van der Waals surface area contributed by atoms with Crippen LogP contribution in [0.5, 0.6) is 0 Å². The van der Waals surface area contributed by atoms with Crippen LogP contribution in [-0.4, -0.2) is 36.1 Å². The summed E-state index contributed by atoms with van der Waals surface area (Å²) in [6.45, 7) is 3.89. The van der Waals surface area contributed by atoms with Gasteiger partial charge in [-0.25, -0.2) is 0 Å². The van der Waals surface area contributed by atoms with Gasteiger partial charge in [0.05, 0.1) is 12.0 Å². The molecule has 1 aliphatic rings. The summed E-state index contributed by atoms with van der Waals surface area (Å²) in [5.41, 5.74) is 5.78. The molecule has 3 atom stereocenters. The molecule has 0 aromatic rings. The summed E-state index contributed by atoms with van der Waals surface area (Å²) in [5, 5.41) is 0. The van der Waals surface area contributed by atoms with E-state index in [0.29, 0.717) is 13.0 Å². The van der Waals surface area contributed by atoms with Crippen molar-refractivity contribution in [3.63, 3.8) is 0 Å². The van der Waals surface area contributed by atoms with Crippen LogP contribution >= 0.6 is 0 Å². The van der Waals surface area contributed by atoms with Crippen LogP contribution in [0.1, 0.15) is 33.1 Å². The zero-order valence-electron chi connectivity index (χ0n) is 10.8. The van der Waals surface area contributed by atoms with Crippen molar-refractivity contribution in [2.75, 3.05) is 13.1 Å². The molecule has 3 nitrogen and oxygen atoms in total. The molecule has 0 aliphatic carbocycles. The van der Waals surface area contributed by atoms with E-state index in [1.54, 1.807) is 0 Å². The molecule has 1 saturated heterocycles. The van der Waals surface area contributed by atoms with E-state index in [-0.39, 0.29) is 24.8 Å². The minimum absolute atomic E-state index is 0.0104. The molecule has 1 amide bonds. The highest BCUT2D eigenvalue weighted by Gasteiger charge is 2.43. The SMILES string of the molecule is CCC(C)C(N)C(=O)N1CCCC(C(F)(F)F)C1. The Morgan fingerprint density at radius 1 is 1.50 bits per heavy atom. The van der Waals surface area contributed by atoms with Crippen molar-refractivity contribution in [2.45, 2.75) is 45.3 Å². The first kappa shape index (κ1) is 15.3. The van der Waals surface area contributed by atoms with Crippen molar-refractivity contribution >= 4 is 5.91 Å². The summed E-state index contributed by atoms with van der Waals surface area (Å²) in [4.78, 5) is 13.3. The number of rotatable bonds is 3. The fourth-order valence-corrected chi connectivity index (χ4v) is 2.15. The van der Waals surface area contributed by atoms with E-state index in [9.17, 15) is 18.0 Å². The van der Waals surface area contributed by atoms with Gasteiger partial charge in [-0.2, -0.15) is 13.2 Å². The Bertz CT molecular complexity index is 294. The van der Waals surface area contributed by atoms with E-state index in [1.165, 1.54) is 4.90 Å². The first-order chi connectivity index (χ1) is 8.27. The third-order valence-electron chi connectivity index (χ3n) is 3.74. The molecule has 1 heterocycles. The van der Waals surface area contributed by atoms with Gasteiger partial charge >= 0.3 is 6.18 Å². The number of nitrogens with zero attached hydrogens (tertiary/aromatic N) is 1. The van der Waals surface area contributed by atoms with Crippen molar-refractivity contribution in [3.8, 4) is 0 Å². The van der Waals surface area contributed by atoms with Gasteiger partial charge in [-0.1, -0.05) is 20.3 Å². The van der Waals surface area contributed by atoms with Crippen LogP contribution in [0.15, 0.2) is 0 Å². The minimum atomic E-state index is -4.22. The van der Waals surface area contributed by atoms with Crippen LogP contribution in [0.4, 0.5) is 13.2 Å². The number of halogens is 3. The summed E-state index contributed by atoms with van der Waals surface area (Å²) < 4.78 is 37.9. The molecule has 106 valence electrons. The summed E-state index contributed by atoms with van der Waals surface area (Å²) in [6, 6.07) is -0.693. The second-order valence-corrected chi connectivity index (χ2v) is 5.08. The van der Waals surface area contributed by atoms with Crippen LogP contribution in [0.3, 0.4) is 0 Å². The second-order valence-electron chi connectivity index (χ2n) is 5.08. The van der Waals surface area contributed by atoms with Crippen LogP contribution in [0, 0.1) is 11.8 Å². The first-order valence-electron chi connectivity index (χ1n) is 6.38. The first-order valence-corrected chi connectivity index (χ1v) is 6.38. The Morgan fingerprint density at radius 3 is 2.61 bits per heavy atom. The van der Waals surface area contributed by atoms with Gasteiger partial charge in [0, 0.05) is 13.1 Å². The summed E-state index contributed by atoms with van der Waals surface area (Å²) in [5.74, 6) is -1.76. The van der Waals surface area contributed by atoms with Gasteiger partial charge in [-0.3, -0.25) is 4.79 Å². The van der Waals surface area contributed by atoms with Crippen LogP contribution < -0.4 is 5.73 Å². The van der Waals surface area contributed by atoms with E-state index in [0.717, 1.165) is 6.42 Å². The smallest absolute Gasteiger partial charge is 0.341 e. The molecule has 0 aromatic carbocycles. The lowest BCUT2D eigenvalue weighted by Gasteiger charge is -2.36. The van der Waals surface area contributed by atoms with Crippen molar-refractivity contribution in [2.24, 2.45) is 17.6 Å². The quantitative estimate of drug-likeness (QED) is 0.851. The average molecular weight is 266 g/mol. The monoisotopic (exact) mass is 266 g/mol. The van der Waals surface area contributed by atoms with Crippen molar-refractivity contribution in [3.05, 3.63) is 0 Å². The van der Waals surface area contributed by atoms with Crippen LogP contribution in [0.2, 0.25) is 0 Å². The number of carbonyl (C=O) groups excluding carboxylic acids is 1. The number of alkyl halides is 3. The van der Waals surface area contributed by atoms with Crippen molar-refractivity contribution < 1.29 is 18.0 Å². The molecule has 1 fully saturated rings. The number of carbonyl (C=O) groups is 1. The number of piperidine rings is 1. The second kappa shape index (κ2) is 5.91. The predicted molar refractivity (Wildman–Crippen MR) is 62.8 cm³/mol. The predicted octanol–water partition coefficient (Wildman–Crippen LogP) is 2.16. The van der Waals surface area contributed by atoms with Gasteiger partial charge in [0.2, 0.25) is 5.91 Å². The molecular weight excluding hydrogens is 245 g/mol. The lowest BCUT2D eigenvalue weighted by molar-refractivity contribution is -0.188. The molecule has 0 saturated carbocycles. The topological polar surface area (TPSA) is 46.3 Å². The van der Waals surface area contributed by atoms with E-state index in [2.05, 4.69) is 0 Å². The zero-order valence-corrected chi connectivity index (χ0v) is 10.8. The molecule has 1 aliphatic heterocycles. The highest BCUT2D eigenvalue weighted by Crippen LogP contribution is 2.33. The van der Waals surface area contributed by atoms with Gasteiger partial charge in [0.1, 0.15) is 0 Å². The Hall–Kier alpha value is -0.780. The van der Waals surface area contributed by atoms with Gasteiger partial charge in [-0.15, -0.1) is 0 Å². The number of nitrogens with two attached hydrogens (primary N) is 1. The molecule has 3 unspecified atom stereocenters.